The number of amides is 1. The third kappa shape index (κ3) is 3.24. The van der Waals surface area contributed by atoms with E-state index < -0.39 is 11.6 Å². The number of hydrogen-bond acceptors (Lipinski definition) is 2. The van der Waals surface area contributed by atoms with Crippen LogP contribution in [0.1, 0.15) is 12.5 Å². The van der Waals surface area contributed by atoms with Crippen LogP contribution in [0.15, 0.2) is 48.5 Å². The largest absolute Gasteiger partial charge is 0.307 e. The number of benzene rings is 2. The van der Waals surface area contributed by atoms with Crippen LogP contribution in [-0.4, -0.2) is 29.9 Å². The second-order valence-corrected chi connectivity index (χ2v) is 5.72. The molecule has 1 atom stereocenters. The molecule has 0 spiro atoms. The molecule has 1 aliphatic heterocycles. The van der Waals surface area contributed by atoms with Crippen molar-refractivity contribution >= 4 is 11.6 Å². The van der Waals surface area contributed by atoms with Crippen LogP contribution in [0, 0.1) is 11.6 Å². The lowest BCUT2D eigenvalue weighted by molar-refractivity contribution is -0.125. The maximum Gasteiger partial charge on any atom is 0.244 e. The van der Waals surface area contributed by atoms with Gasteiger partial charge in [0.05, 0.1) is 11.7 Å². The zero-order valence-electron chi connectivity index (χ0n) is 12.9. The molecule has 0 aromatic heterocycles. The van der Waals surface area contributed by atoms with Crippen LogP contribution in [-0.2, 0) is 11.3 Å². The van der Waals surface area contributed by atoms with Crippen LogP contribution >= 0.6 is 0 Å². The summed E-state index contributed by atoms with van der Waals surface area (Å²) in [6.45, 7) is 3.52. The molecule has 2 aromatic rings. The molecule has 3 rings (SSSR count). The molecule has 2 aromatic carbocycles. The predicted molar refractivity (Wildman–Crippen MR) is 85.0 cm³/mol. The summed E-state index contributed by atoms with van der Waals surface area (Å²) in [4.78, 5) is 16.1. The molecular formula is C18H18F2N2O. The zero-order chi connectivity index (χ0) is 16.4. The van der Waals surface area contributed by atoms with Gasteiger partial charge in [0.15, 0.2) is 0 Å². The van der Waals surface area contributed by atoms with Crippen molar-refractivity contribution in [2.24, 2.45) is 0 Å². The number of carbonyl (C=O) groups excluding carboxylic acids is 1. The van der Waals surface area contributed by atoms with E-state index in [-0.39, 0.29) is 17.6 Å². The molecule has 0 bridgehead atoms. The van der Waals surface area contributed by atoms with Crippen LogP contribution in [0.2, 0.25) is 0 Å². The molecular weight excluding hydrogens is 298 g/mol. The number of halogens is 2. The number of anilines is 1. The Morgan fingerprint density at radius 3 is 2.52 bits per heavy atom. The Kier molecular flexibility index (Phi) is 4.39. The first-order chi connectivity index (χ1) is 11.1. The summed E-state index contributed by atoms with van der Waals surface area (Å²) in [5.41, 5.74) is 1.27. The van der Waals surface area contributed by atoms with Crippen LogP contribution in [0.4, 0.5) is 14.5 Å². The lowest BCUT2D eigenvalue weighted by atomic mass is 10.1. The lowest BCUT2D eigenvalue weighted by Crippen LogP contribution is -2.55. The van der Waals surface area contributed by atoms with Crippen LogP contribution in [0.3, 0.4) is 0 Å². The molecule has 1 saturated heterocycles. The highest BCUT2D eigenvalue weighted by Gasteiger charge is 2.33. The van der Waals surface area contributed by atoms with E-state index in [1.807, 2.05) is 37.3 Å². The minimum absolute atomic E-state index is 0.141. The van der Waals surface area contributed by atoms with Gasteiger partial charge in [0, 0.05) is 25.7 Å². The average Bonchev–Trinajstić information content (AvgIpc) is 2.54. The quantitative estimate of drug-likeness (QED) is 0.868. The van der Waals surface area contributed by atoms with Crippen molar-refractivity contribution in [1.29, 1.82) is 0 Å². The van der Waals surface area contributed by atoms with E-state index in [9.17, 15) is 13.6 Å². The van der Waals surface area contributed by atoms with Crippen molar-refractivity contribution in [2.75, 3.05) is 18.0 Å². The third-order valence-corrected chi connectivity index (χ3v) is 4.21. The van der Waals surface area contributed by atoms with Crippen LogP contribution in [0.5, 0.6) is 0 Å². The Bertz CT molecular complexity index is 705. The molecule has 5 heteroatoms. The Morgan fingerprint density at radius 1 is 1.09 bits per heavy atom. The molecule has 120 valence electrons. The van der Waals surface area contributed by atoms with Gasteiger partial charge in [-0.05, 0) is 24.6 Å². The highest BCUT2D eigenvalue weighted by atomic mass is 19.1. The molecule has 23 heavy (non-hydrogen) atoms. The molecule has 0 saturated carbocycles. The van der Waals surface area contributed by atoms with Crippen molar-refractivity contribution in [3.05, 3.63) is 65.7 Å². The Morgan fingerprint density at radius 2 is 1.83 bits per heavy atom. The monoisotopic (exact) mass is 316 g/mol. The average molecular weight is 316 g/mol. The summed E-state index contributed by atoms with van der Waals surface area (Å²) >= 11 is 0. The maximum atomic E-state index is 13.9. The maximum absolute atomic E-state index is 13.9. The minimum Gasteiger partial charge on any atom is -0.307 e. The predicted octanol–water partition coefficient (Wildman–Crippen LogP) is 3.20. The van der Waals surface area contributed by atoms with E-state index in [0.717, 1.165) is 11.6 Å². The molecule has 0 N–H and O–H groups in total. The second-order valence-electron chi connectivity index (χ2n) is 5.72. The van der Waals surface area contributed by atoms with Crippen molar-refractivity contribution < 1.29 is 13.6 Å². The molecule has 0 radical (unpaired) electrons. The van der Waals surface area contributed by atoms with Gasteiger partial charge in [-0.1, -0.05) is 30.3 Å². The number of carbonyl (C=O) groups is 1. The van der Waals surface area contributed by atoms with Crippen molar-refractivity contribution in [3.63, 3.8) is 0 Å². The van der Waals surface area contributed by atoms with E-state index >= 15 is 0 Å². The Balaban J connectivity index is 1.76. The van der Waals surface area contributed by atoms with Crippen LogP contribution < -0.4 is 4.90 Å². The van der Waals surface area contributed by atoms with E-state index in [4.69, 9.17) is 0 Å². The second kappa shape index (κ2) is 6.46. The smallest absolute Gasteiger partial charge is 0.244 e. The fourth-order valence-corrected chi connectivity index (χ4v) is 2.89. The molecule has 1 amide bonds. The minimum atomic E-state index is -0.706. The van der Waals surface area contributed by atoms with Gasteiger partial charge < -0.3 is 4.90 Å². The summed E-state index contributed by atoms with van der Waals surface area (Å²) in [5, 5.41) is 0. The number of piperazine rings is 1. The highest BCUT2D eigenvalue weighted by molar-refractivity contribution is 5.97. The fraction of sp³-hybridized carbons (Fsp3) is 0.278. The highest BCUT2D eigenvalue weighted by Crippen LogP contribution is 2.25. The van der Waals surface area contributed by atoms with Crippen molar-refractivity contribution in [3.8, 4) is 0 Å². The van der Waals surface area contributed by atoms with Gasteiger partial charge in [-0.15, -0.1) is 0 Å². The van der Waals surface area contributed by atoms with Gasteiger partial charge in [-0.25, -0.2) is 8.78 Å². The SMILES string of the molecule is C[C@H]1C(=O)N(c2ccc(F)cc2F)CCN1Cc1ccccc1. The summed E-state index contributed by atoms with van der Waals surface area (Å²) in [7, 11) is 0. The van der Waals surface area contributed by atoms with Gasteiger partial charge >= 0.3 is 0 Å². The number of rotatable bonds is 3. The van der Waals surface area contributed by atoms with Crippen molar-refractivity contribution in [1.82, 2.24) is 4.90 Å². The normalized spacial score (nSPS) is 19.2. The summed E-state index contributed by atoms with van der Waals surface area (Å²) < 4.78 is 27.0. The summed E-state index contributed by atoms with van der Waals surface area (Å²) in [6.07, 6.45) is 0. The number of nitrogens with zero attached hydrogens (tertiary/aromatic N) is 2. The summed E-state index contributed by atoms with van der Waals surface area (Å²) in [5.74, 6) is -1.52. The van der Waals surface area contributed by atoms with Gasteiger partial charge in [-0.3, -0.25) is 9.69 Å². The van der Waals surface area contributed by atoms with Gasteiger partial charge in [0.2, 0.25) is 5.91 Å². The third-order valence-electron chi connectivity index (χ3n) is 4.21. The lowest BCUT2D eigenvalue weighted by Gasteiger charge is -2.39. The first-order valence-electron chi connectivity index (χ1n) is 7.60. The van der Waals surface area contributed by atoms with Gasteiger partial charge in [-0.2, -0.15) is 0 Å². The van der Waals surface area contributed by atoms with Crippen LogP contribution in [0.25, 0.3) is 0 Å². The van der Waals surface area contributed by atoms with E-state index in [1.165, 1.54) is 17.0 Å². The number of hydrogen-bond donors (Lipinski definition) is 0. The topological polar surface area (TPSA) is 23.6 Å². The first kappa shape index (κ1) is 15.6. The molecule has 1 fully saturated rings. The standard InChI is InChI=1S/C18H18F2N2O/c1-13-18(23)22(17-8-7-15(19)11-16(17)20)10-9-21(13)12-14-5-3-2-4-6-14/h2-8,11,13H,9-10,12H2,1H3/t13-/m0/s1. The molecule has 1 heterocycles. The Hall–Kier alpha value is -2.27. The zero-order valence-corrected chi connectivity index (χ0v) is 12.9. The first-order valence-corrected chi connectivity index (χ1v) is 7.60. The van der Waals surface area contributed by atoms with E-state index in [0.29, 0.717) is 19.6 Å². The molecule has 1 aliphatic rings. The fourth-order valence-electron chi connectivity index (χ4n) is 2.89. The Labute approximate surface area is 134 Å². The van der Waals surface area contributed by atoms with E-state index in [1.54, 1.807) is 0 Å². The molecule has 3 nitrogen and oxygen atoms in total. The molecule has 0 unspecified atom stereocenters. The molecule has 0 aliphatic carbocycles. The van der Waals surface area contributed by atoms with Gasteiger partial charge in [0.25, 0.3) is 0 Å². The van der Waals surface area contributed by atoms with E-state index in [2.05, 4.69) is 4.90 Å². The van der Waals surface area contributed by atoms with Gasteiger partial charge in [0.1, 0.15) is 11.6 Å². The summed E-state index contributed by atoms with van der Waals surface area (Å²) in [6, 6.07) is 12.9. The van der Waals surface area contributed by atoms with Crippen molar-refractivity contribution in [2.45, 2.75) is 19.5 Å².